The van der Waals surface area contributed by atoms with Gasteiger partial charge in [0, 0.05) is 31.0 Å². The Hall–Kier alpha value is -3.34. The molecule has 2 aromatic carbocycles. The molecule has 0 spiro atoms. The monoisotopic (exact) mass is 478 g/mol. The van der Waals surface area contributed by atoms with Crippen molar-refractivity contribution in [3.8, 4) is 5.75 Å². The molecular formula is C22H21F3N4O3S. The van der Waals surface area contributed by atoms with Crippen LogP contribution in [0.3, 0.4) is 0 Å². The number of rotatable bonds is 6. The summed E-state index contributed by atoms with van der Waals surface area (Å²) in [5.74, 6) is -0.868. The van der Waals surface area contributed by atoms with E-state index in [0.717, 1.165) is 5.69 Å². The molecule has 4 rings (SSSR count). The Morgan fingerprint density at radius 3 is 2.39 bits per heavy atom. The molecule has 1 fully saturated rings. The van der Waals surface area contributed by atoms with Gasteiger partial charge in [-0.2, -0.15) is 0 Å². The van der Waals surface area contributed by atoms with E-state index >= 15 is 0 Å². The van der Waals surface area contributed by atoms with E-state index in [1.165, 1.54) is 36.0 Å². The topological polar surface area (TPSA) is 79.1 Å². The number of anilines is 1. The first-order valence-electron chi connectivity index (χ1n) is 10.1. The fourth-order valence-electron chi connectivity index (χ4n) is 3.84. The zero-order valence-electron chi connectivity index (χ0n) is 17.6. The maximum atomic E-state index is 13.2. The van der Waals surface area contributed by atoms with Gasteiger partial charge in [-0.25, -0.2) is 4.79 Å². The van der Waals surface area contributed by atoms with Gasteiger partial charge in [-0.3, -0.25) is 9.69 Å². The Morgan fingerprint density at radius 2 is 1.79 bits per heavy atom. The fourth-order valence-corrected chi connectivity index (χ4v) is 5.14. The van der Waals surface area contributed by atoms with Crippen molar-refractivity contribution in [3.63, 3.8) is 0 Å². The average Bonchev–Trinajstić information content (AvgIpc) is 3.29. The molecule has 2 heterocycles. The third-order valence-electron chi connectivity index (χ3n) is 5.32. The van der Waals surface area contributed by atoms with Crippen molar-refractivity contribution in [3.05, 3.63) is 70.8 Å². The lowest BCUT2D eigenvalue weighted by Crippen LogP contribution is -2.45. The van der Waals surface area contributed by atoms with Gasteiger partial charge in [0.05, 0.1) is 4.91 Å². The van der Waals surface area contributed by atoms with Gasteiger partial charge in [0.1, 0.15) is 5.75 Å². The first-order chi connectivity index (χ1) is 15.6. The zero-order chi connectivity index (χ0) is 23.8. The number of thioether (sulfide) groups is 1. The van der Waals surface area contributed by atoms with Crippen molar-refractivity contribution in [1.29, 1.82) is 0 Å². The number of nitrogens with zero attached hydrogens (tertiary/aromatic N) is 3. The molecule has 2 aromatic rings. The summed E-state index contributed by atoms with van der Waals surface area (Å²) in [6.45, 7) is 2.89. The van der Waals surface area contributed by atoms with Crippen LogP contribution in [0.1, 0.15) is 12.5 Å². The Labute approximate surface area is 192 Å². The number of hydrogen-bond donors (Lipinski definition) is 1. The number of halogens is 3. The number of nitrogens with two attached hydrogens (primary N) is 1. The summed E-state index contributed by atoms with van der Waals surface area (Å²) in [7, 11) is 0. The molecule has 0 saturated carbocycles. The first kappa shape index (κ1) is 22.8. The van der Waals surface area contributed by atoms with Crippen LogP contribution < -0.4 is 15.4 Å². The molecule has 174 valence electrons. The van der Waals surface area contributed by atoms with E-state index in [0.29, 0.717) is 29.3 Å². The second kappa shape index (κ2) is 8.89. The fraction of sp³-hybridized carbons (Fsp3) is 0.273. The maximum absolute atomic E-state index is 13.2. The van der Waals surface area contributed by atoms with E-state index in [4.69, 9.17) is 5.73 Å². The van der Waals surface area contributed by atoms with Crippen LogP contribution in [0.2, 0.25) is 0 Å². The van der Waals surface area contributed by atoms with Crippen LogP contribution in [-0.4, -0.2) is 46.7 Å². The third kappa shape index (κ3) is 4.87. The highest BCUT2D eigenvalue weighted by molar-refractivity contribution is 8.05. The minimum atomic E-state index is -4.76. The Balaban J connectivity index is 1.49. The molecule has 33 heavy (non-hydrogen) atoms. The highest BCUT2D eigenvalue weighted by Gasteiger charge is 2.43. The van der Waals surface area contributed by atoms with Crippen LogP contribution in [-0.2, 0) is 11.3 Å². The van der Waals surface area contributed by atoms with E-state index in [1.54, 1.807) is 16.7 Å². The number of benzene rings is 2. The van der Waals surface area contributed by atoms with Gasteiger partial charge in [0.2, 0.25) is 0 Å². The normalized spacial score (nSPS) is 19.0. The molecule has 1 saturated heterocycles. The lowest BCUT2D eigenvalue weighted by atomic mass is 10.2. The second-order valence-electron chi connectivity index (χ2n) is 7.52. The number of ether oxygens (including phenoxy) is 1. The summed E-state index contributed by atoms with van der Waals surface area (Å²) in [5, 5.41) is 0. The molecule has 1 atom stereocenters. The quantitative estimate of drug-likeness (QED) is 0.677. The summed E-state index contributed by atoms with van der Waals surface area (Å²) in [5.41, 5.74) is 7.27. The van der Waals surface area contributed by atoms with E-state index in [9.17, 15) is 22.8 Å². The lowest BCUT2D eigenvalue weighted by molar-refractivity contribution is -0.274. The second-order valence-corrected chi connectivity index (χ2v) is 8.58. The van der Waals surface area contributed by atoms with Crippen molar-refractivity contribution < 1.29 is 27.5 Å². The largest absolute Gasteiger partial charge is 0.573 e. The Kier molecular flexibility index (Phi) is 6.15. The predicted octanol–water partition coefficient (Wildman–Crippen LogP) is 4.08. The Bertz CT molecular complexity index is 1080. The maximum Gasteiger partial charge on any atom is 0.573 e. The number of para-hydroxylation sites is 1. The van der Waals surface area contributed by atoms with Gasteiger partial charge in [0.15, 0.2) is 5.50 Å². The molecular weight excluding hydrogens is 457 g/mol. The van der Waals surface area contributed by atoms with Crippen molar-refractivity contribution in [2.75, 3.05) is 18.0 Å². The molecule has 11 heteroatoms. The summed E-state index contributed by atoms with van der Waals surface area (Å²) in [6, 6.07) is 14.6. The summed E-state index contributed by atoms with van der Waals surface area (Å²) in [6.07, 6.45) is -4.76. The third-order valence-corrected chi connectivity index (χ3v) is 6.72. The van der Waals surface area contributed by atoms with Gasteiger partial charge in [-0.05, 0) is 36.8 Å². The Morgan fingerprint density at radius 1 is 1.12 bits per heavy atom. The molecule has 0 aliphatic carbocycles. The van der Waals surface area contributed by atoms with E-state index in [-0.39, 0.29) is 18.3 Å². The van der Waals surface area contributed by atoms with Crippen molar-refractivity contribution in [2.24, 2.45) is 5.73 Å². The number of carbonyl (C=O) groups is 2. The zero-order valence-corrected chi connectivity index (χ0v) is 18.4. The van der Waals surface area contributed by atoms with Gasteiger partial charge in [0.25, 0.3) is 5.91 Å². The number of hydrogen-bond acceptors (Lipinski definition) is 5. The van der Waals surface area contributed by atoms with E-state index < -0.39 is 17.8 Å². The molecule has 0 bridgehead atoms. The average molecular weight is 478 g/mol. The number of carbonyl (C=O) groups excluding carboxylic acids is 2. The number of primary amides is 1. The van der Waals surface area contributed by atoms with Crippen LogP contribution in [0.4, 0.5) is 23.7 Å². The SMILES string of the molecule is CC1=C(C(N)=O)SC(N2CCN(Cc3ccc(OC(F)(F)F)cc3)C2=O)N1c1ccccc1. The van der Waals surface area contributed by atoms with Crippen molar-refractivity contribution in [1.82, 2.24) is 9.80 Å². The minimum absolute atomic E-state index is 0.234. The van der Waals surface area contributed by atoms with Crippen LogP contribution >= 0.6 is 11.8 Å². The van der Waals surface area contributed by atoms with Crippen LogP contribution in [0.5, 0.6) is 5.75 Å². The molecule has 2 aliphatic rings. The standard InChI is InChI=1S/C22H21F3N4O3S/c1-14-18(19(26)30)33-21(29(14)16-5-3-2-4-6-16)28-12-11-27(20(28)31)13-15-7-9-17(10-8-15)32-22(23,24)25/h2-10,21H,11-13H2,1H3,(H2,26,30). The first-order valence-corrected chi connectivity index (χ1v) is 10.9. The van der Waals surface area contributed by atoms with Gasteiger partial charge < -0.3 is 20.3 Å². The summed E-state index contributed by atoms with van der Waals surface area (Å²) < 4.78 is 40.9. The van der Waals surface area contributed by atoms with Gasteiger partial charge in [-0.1, -0.05) is 42.1 Å². The molecule has 2 aliphatic heterocycles. The molecule has 0 radical (unpaired) electrons. The van der Waals surface area contributed by atoms with E-state index in [2.05, 4.69) is 4.74 Å². The smallest absolute Gasteiger partial charge is 0.406 e. The molecule has 1 unspecified atom stereocenters. The minimum Gasteiger partial charge on any atom is -0.406 e. The lowest BCUT2D eigenvalue weighted by Gasteiger charge is -2.33. The summed E-state index contributed by atoms with van der Waals surface area (Å²) in [4.78, 5) is 30.8. The molecule has 3 amide bonds. The van der Waals surface area contributed by atoms with E-state index in [1.807, 2.05) is 35.2 Å². The molecule has 7 nitrogen and oxygen atoms in total. The van der Waals surface area contributed by atoms with Crippen LogP contribution in [0, 0.1) is 0 Å². The van der Waals surface area contributed by atoms with Crippen LogP contribution in [0.15, 0.2) is 65.2 Å². The van der Waals surface area contributed by atoms with Crippen molar-refractivity contribution >= 4 is 29.4 Å². The predicted molar refractivity (Wildman–Crippen MR) is 118 cm³/mol. The van der Waals surface area contributed by atoms with Gasteiger partial charge >= 0.3 is 12.4 Å². The molecule has 0 aromatic heterocycles. The highest BCUT2D eigenvalue weighted by Crippen LogP contribution is 2.43. The number of urea groups is 1. The van der Waals surface area contributed by atoms with Gasteiger partial charge in [-0.15, -0.1) is 13.2 Å². The highest BCUT2D eigenvalue weighted by atomic mass is 32.2. The number of alkyl halides is 3. The molecule has 2 N–H and O–H groups in total. The van der Waals surface area contributed by atoms with Crippen LogP contribution in [0.25, 0.3) is 0 Å². The van der Waals surface area contributed by atoms with Crippen molar-refractivity contribution in [2.45, 2.75) is 25.3 Å². The number of amides is 3. The summed E-state index contributed by atoms with van der Waals surface area (Å²) >= 11 is 1.23. The number of allylic oxidation sites excluding steroid dienone is 1.